The van der Waals surface area contributed by atoms with Gasteiger partial charge >= 0.3 is 5.97 Å². The van der Waals surface area contributed by atoms with Crippen molar-refractivity contribution in [2.45, 2.75) is 31.1 Å². The first kappa shape index (κ1) is 15.8. The van der Waals surface area contributed by atoms with Crippen molar-refractivity contribution in [2.75, 3.05) is 12.3 Å². The maximum atomic E-state index is 12.3. The van der Waals surface area contributed by atoms with Crippen LogP contribution in [0.5, 0.6) is 0 Å². The summed E-state index contributed by atoms with van der Waals surface area (Å²) in [5.74, 6) is -0.365. The summed E-state index contributed by atoms with van der Waals surface area (Å²) in [5.41, 5.74) is 5.53. The highest BCUT2D eigenvalue weighted by atomic mass is 32.2. The van der Waals surface area contributed by atoms with E-state index in [1.54, 1.807) is 0 Å². The van der Waals surface area contributed by atoms with Crippen LogP contribution in [0.3, 0.4) is 0 Å². The molecular formula is C14H20N2O4S. The van der Waals surface area contributed by atoms with Gasteiger partial charge in [-0.3, -0.25) is 0 Å². The van der Waals surface area contributed by atoms with Gasteiger partial charge in [0.15, 0.2) is 0 Å². The molecule has 0 aliphatic heterocycles. The van der Waals surface area contributed by atoms with Crippen molar-refractivity contribution in [1.29, 1.82) is 0 Å². The number of aromatic carboxylic acids is 1. The summed E-state index contributed by atoms with van der Waals surface area (Å²) >= 11 is 0. The van der Waals surface area contributed by atoms with Crippen LogP contribution in [0.2, 0.25) is 0 Å². The lowest BCUT2D eigenvalue weighted by Crippen LogP contribution is -2.30. The molecule has 1 aliphatic carbocycles. The summed E-state index contributed by atoms with van der Waals surface area (Å²) in [6, 6.07) is 3.77. The van der Waals surface area contributed by atoms with E-state index in [1.807, 2.05) is 0 Å². The molecule has 21 heavy (non-hydrogen) atoms. The van der Waals surface area contributed by atoms with Crippen LogP contribution >= 0.6 is 0 Å². The molecule has 2 rings (SSSR count). The summed E-state index contributed by atoms with van der Waals surface area (Å²) in [7, 11) is -3.87. The van der Waals surface area contributed by atoms with Crippen molar-refractivity contribution < 1.29 is 18.3 Å². The standard InChI is InChI=1S/C14H20N2O4S/c1-9-2-3-10(6-9)8-16-21(19,20)13-7-11(15)4-5-12(13)14(17)18/h4-5,7,9-10,16H,2-3,6,8,15H2,1H3,(H,17,18). The molecule has 2 atom stereocenters. The molecule has 0 heterocycles. The topological polar surface area (TPSA) is 109 Å². The number of hydrogen-bond donors (Lipinski definition) is 3. The summed E-state index contributed by atoms with van der Waals surface area (Å²) in [5, 5.41) is 9.10. The molecule has 0 radical (unpaired) electrons. The number of anilines is 1. The third-order valence-corrected chi connectivity index (χ3v) is 5.35. The first-order valence-corrected chi connectivity index (χ1v) is 8.40. The lowest BCUT2D eigenvalue weighted by Gasteiger charge is -2.13. The Balaban J connectivity index is 2.19. The van der Waals surface area contributed by atoms with Gasteiger partial charge in [0.25, 0.3) is 0 Å². The quantitative estimate of drug-likeness (QED) is 0.717. The van der Waals surface area contributed by atoms with E-state index >= 15 is 0 Å². The molecule has 1 fully saturated rings. The molecule has 0 saturated heterocycles. The molecule has 1 aromatic carbocycles. The number of carbonyl (C=O) groups is 1. The maximum absolute atomic E-state index is 12.3. The zero-order valence-electron chi connectivity index (χ0n) is 11.9. The van der Waals surface area contributed by atoms with Crippen molar-refractivity contribution in [1.82, 2.24) is 4.72 Å². The minimum atomic E-state index is -3.87. The Morgan fingerprint density at radius 1 is 1.43 bits per heavy atom. The number of carboxylic acids is 1. The third kappa shape index (κ3) is 3.74. The first-order valence-electron chi connectivity index (χ1n) is 6.92. The highest BCUT2D eigenvalue weighted by molar-refractivity contribution is 7.89. The highest BCUT2D eigenvalue weighted by Crippen LogP contribution is 2.30. The molecule has 116 valence electrons. The minimum absolute atomic E-state index is 0.217. The molecule has 2 unspecified atom stereocenters. The Morgan fingerprint density at radius 2 is 2.14 bits per heavy atom. The lowest BCUT2D eigenvalue weighted by molar-refractivity contribution is 0.0692. The Morgan fingerprint density at radius 3 is 2.71 bits per heavy atom. The van der Waals surface area contributed by atoms with Gasteiger partial charge in [0, 0.05) is 12.2 Å². The van der Waals surface area contributed by atoms with E-state index in [0.29, 0.717) is 18.4 Å². The molecule has 1 aromatic rings. The average Bonchev–Trinajstić information content (AvgIpc) is 2.82. The number of nitrogens with two attached hydrogens (primary N) is 1. The van der Waals surface area contributed by atoms with Crippen molar-refractivity contribution in [2.24, 2.45) is 11.8 Å². The van der Waals surface area contributed by atoms with Crippen molar-refractivity contribution >= 4 is 21.7 Å². The van der Waals surface area contributed by atoms with Crippen molar-refractivity contribution in [3.05, 3.63) is 23.8 Å². The van der Waals surface area contributed by atoms with Crippen LogP contribution in [0, 0.1) is 11.8 Å². The number of benzene rings is 1. The SMILES string of the molecule is CC1CCC(CNS(=O)(=O)c2cc(N)ccc2C(=O)O)C1. The molecule has 6 nitrogen and oxygen atoms in total. The van der Waals surface area contributed by atoms with Gasteiger partial charge in [0.05, 0.1) is 10.5 Å². The zero-order chi connectivity index (χ0) is 15.6. The predicted octanol–water partition coefficient (Wildman–Crippen LogP) is 1.68. The fraction of sp³-hybridized carbons (Fsp3) is 0.500. The van der Waals surface area contributed by atoms with Gasteiger partial charge in [0.1, 0.15) is 0 Å². The Kier molecular flexibility index (Phi) is 4.53. The van der Waals surface area contributed by atoms with Crippen LogP contribution in [-0.4, -0.2) is 26.0 Å². The fourth-order valence-corrected chi connectivity index (χ4v) is 4.10. The van der Waals surface area contributed by atoms with E-state index in [4.69, 9.17) is 10.8 Å². The van der Waals surface area contributed by atoms with Crippen molar-refractivity contribution in [3.8, 4) is 0 Å². The summed E-state index contributed by atoms with van der Waals surface area (Å²) < 4.78 is 27.1. The molecule has 0 amide bonds. The van der Waals surface area contributed by atoms with Crippen LogP contribution in [0.25, 0.3) is 0 Å². The number of nitrogens with one attached hydrogen (secondary N) is 1. The van der Waals surface area contributed by atoms with Crippen LogP contribution in [0.15, 0.2) is 23.1 Å². The van der Waals surface area contributed by atoms with Crippen LogP contribution in [-0.2, 0) is 10.0 Å². The molecule has 1 aliphatic rings. The highest BCUT2D eigenvalue weighted by Gasteiger charge is 2.26. The normalized spacial score (nSPS) is 22.3. The predicted molar refractivity (Wildman–Crippen MR) is 79.5 cm³/mol. The van der Waals surface area contributed by atoms with Crippen molar-refractivity contribution in [3.63, 3.8) is 0 Å². The van der Waals surface area contributed by atoms with E-state index < -0.39 is 16.0 Å². The largest absolute Gasteiger partial charge is 0.478 e. The van der Waals surface area contributed by atoms with Crippen LogP contribution in [0.4, 0.5) is 5.69 Å². The van der Waals surface area contributed by atoms with Gasteiger partial charge in [0.2, 0.25) is 10.0 Å². The summed E-state index contributed by atoms with van der Waals surface area (Å²) in [4.78, 5) is 10.9. The maximum Gasteiger partial charge on any atom is 0.337 e. The van der Waals surface area contributed by atoms with E-state index in [9.17, 15) is 13.2 Å². The van der Waals surface area contributed by atoms with Gasteiger partial charge in [-0.2, -0.15) is 0 Å². The minimum Gasteiger partial charge on any atom is -0.478 e. The van der Waals surface area contributed by atoms with Crippen LogP contribution < -0.4 is 10.5 Å². The van der Waals surface area contributed by atoms with Gasteiger partial charge in [-0.05, 0) is 42.9 Å². The van der Waals surface area contributed by atoms with E-state index in [1.165, 1.54) is 18.2 Å². The second-order valence-electron chi connectivity index (χ2n) is 5.70. The number of rotatable bonds is 5. The third-order valence-electron chi connectivity index (χ3n) is 3.89. The number of sulfonamides is 1. The molecule has 4 N–H and O–H groups in total. The van der Waals surface area contributed by atoms with Gasteiger partial charge in [-0.25, -0.2) is 17.9 Å². The second kappa shape index (κ2) is 6.03. The van der Waals surface area contributed by atoms with Gasteiger partial charge in [-0.15, -0.1) is 0 Å². The molecule has 0 bridgehead atoms. The van der Waals surface area contributed by atoms with Gasteiger partial charge in [-0.1, -0.05) is 13.3 Å². The number of carboxylic acid groups (broad SMARTS) is 1. The Bertz CT molecular complexity index is 642. The number of nitrogen functional groups attached to an aromatic ring is 1. The molecule has 0 aromatic heterocycles. The van der Waals surface area contributed by atoms with E-state index in [0.717, 1.165) is 19.3 Å². The summed E-state index contributed by atoms with van der Waals surface area (Å²) in [6.07, 6.45) is 3.09. The first-order chi connectivity index (χ1) is 9.79. The van der Waals surface area contributed by atoms with Crippen LogP contribution in [0.1, 0.15) is 36.5 Å². The average molecular weight is 312 g/mol. The Hall–Kier alpha value is -1.60. The monoisotopic (exact) mass is 312 g/mol. The molecule has 1 saturated carbocycles. The van der Waals surface area contributed by atoms with E-state index in [2.05, 4.69) is 11.6 Å². The number of hydrogen-bond acceptors (Lipinski definition) is 4. The molecular weight excluding hydrogens is 292 g/mol. The summed E-state index contributed by atoms with van der Waals surface area (Å²) in [6.45, 7) is 2.48. The fourth-order valence-electron chi connectivity index (χ4n) is 2.75. The Labute approximate surface area is 124 Å². The zero-order valence-corrected chi connectivity index (χ0v) is 12.7. The molecule has 7 heteroatoms. The lowest BCUT2D eigenvalue weighted by atomic mass is 10.1. The second-order valence-corrected chi connectivity index (χ2v) is 7.43. The molecule has 0 spiro atoms. The smallest absolute Gasteiger partial charge is 0.337 e. The van der Waals surface area contributed by atoms with Gasteiger partial charge < -0.3 is 10.8 Å². The van der Waals surface area contributed by atoms with E-state index in [-0.39, 0.29) is 16.1 Å².